The molecule has 11 heteroatoms. The van der Waals surface area contributed by atoms with Crippen LogP contribution in [0.3, 0.4) is 0 Å². The van der Waals surface area contributed by atoms with Gasteiger partial charge in [0.25, 0.3) is 5.91 Å². The van der Waals surface area contributed by atoms with Crippen molar-refractivity contribution in [2.45, 2.75) is 31.7 Å². The molecule has 3 atom stereocenters. The monoisotopic (exact) mass is 473 g/mol. The Morgan fingerprint density at radius 2 is 2.21 bits per heavy atom. The zero-order chi connectivity index (χ0) is 23.1. The Bertz CT molecular complexity index is 1260. The van der Waals surface area contributed by atoms with Crippen molar-refractivity contribution in [1.29, 1.82) is 0 Å². The number of rotatable bonds is 5. The number of halogens is 1. The molecule has 2 aliphatic heterocycles. The number of fused-ring (bicyclic) bond motifs is 2. The van der Waals surface area contributed by atoms with Crippen LogP contribution in [0.15, 0.2) is 35.1 Å². The molecule has 1 amide bonds. The Morgan fingerprint density at radius 1 is 1.36 bits per heavy atom. The van der Waals surface area contributed by atoms with Crippen LogP contribution in [0.25, 0.3) is 5.52 Å². The smallest absolute Gasteiger partial charge is 0.284 e. The van der Waals surface area contributed by atoms with E-state index in [-0.39, 0.29) is 34.9 Å². The molecule has 0 spiro atoms. The fraction of sp³-hybridized carbons (Fsp3) is 0.409. The van der Waals surface area contributed by atoms with Gasteiger partial charge in [0.05, 0.1) is 24.0 Å². The van der Waals surface area contributed by atoms with Crippen LogP contribution in [0, 0.1) is 12.7 Å². The van der Waals surface area contributed by atoms with E-state index >= 15 is 0 Å². The Morgan fingerprint density at radius 3 is 3.03 bits per heavy atom. The van der Waals surface area contributed by atoms with E-state index in [0.29, 0.717) is 47.1 Å². The quantitative estimate of drug-likeness (QED) is 0.608. The van der Waals surface area contributed by atoms with Crippen LogP contribution >= 0.6 is 0 Å². The Hall–Kier alpha value is -2.89. The lowest BCUT2D eigenvalue weighted by Crippen LogP contribution is -2.32. The number of amides is 1. The van der Waals surface area contributed by atoms with Gasteiger partial charge in [0.15, 0.2) is 11.9 Å². The number of ether oxygens (including phenoxy) is 3. The van der Waals surface area contributed by atoms with Gasteiger partial charge in [0, 0.05) is 18.9 Å². The summed E-state index contributed by atoms with van der Waals surface area (Å²) in [7, 11) is -0.381. The van der Waals surface area contributed by atoms with Crippen molar-refractivity contribution < 1.29 is 23.4 Å². The molecule has 1 N–H and O–H groups in total. The molecule has 0 aliphatic carbocycles. The number of hydrogen-bond acceptors (Lipinski definition) is 7. The number of nitrogens with zero attached hydrogens (tertiary/aromatic N) is 4. The first-order chi connectivity index (χ1) is 15.9. The summed E-state index contributed by atoms with van der Waals surface area (Å²) in [5, 5.41) is 7.46. The van der Waals surface area contributed by atoms with Crippen molar-refractivity contribution in [3.63, 3.8) is 0 Å². The third-order valence-electron chi connectivity index (χ3n) is 5.72. The van der Waals surface area contributed by atoms with E-state index in [2.05, 4.69) is 19.8 Å². The summed E-state index contributed by atoms with van der Waals surface area (Å²) in [6.45, 7) is 2.83. The van der Waals surface area contributed by atoms with Gasteiger partial charge in [-0.2, -0.15) is 9.46 Å². The summed E-state index contributed by atoms with van der Waals surface area (Å²) < 4.78 is 37.5. The van der Waals surface area contributed by atoms with Crippen molar-refractivity contribution in [3.05, 3.63) is 47.7 Å². The van der Waals surface area contributed by atoms with Gasteiger partial charge in [-0.1, -0.05) is 10.7 Å². The molecule has 9 nitrogen and oxygen atoms in total. The first-order valence-electron chi connectivity index (χ1n) is 10.5. The van der Waals surface area contributed by atoms with Crippen LogP contribution in [0.2, 0.25) is 0 Å². The highest BCUT2D eigenvalue weighted by Gasteiger charge is 2.43. The average molecular weight is 474 g/mol. The maximum atomic E-state index is 14.1. The molecule has 2 aromatic heterocycles. The second kappa shape index (κ2) is 8.81. The molecule has 33 heavy (non-hydrogen) atoms. The Balaban J connectivity index is 1.48. The van der Waals surface area contributed by atoms with E-state index < -0.39 is 5.82 Å². The van der Waals surface area contributed by atoms with Crippen molar-refractivity contribution in [2.24, 2.45) is 4.36 Å². The van der Waals surface area contributed by atoms with E-state index in [1.54, 1.807) is 16.8 Å². The van der Waals surface area contributed by atoms with E-state index in [1.165, 1.54) is 18.5 Å². The fourth-order valence-corrected chi connectivity index (χ4v) is 4.63. The van der Waals surface area contributed by atoms with E-state index in [9.17, 15) is 9.18 Å². The van der Waals surface area contributed by atoms with Crippen LogP contribution in [-0.4, -0.2) is 64.5 Å². The number of hydrogen-bond donors (Lipinski definition) is 1. The Kier molecular flexibility index (Phi) is 5.85. The molecule has 2 saturated heterocycles. The molecule has 0 saturated carbocycles. The van der Waals surface area contributed by atoms with Crippen molar-refractivity contribution >= 4 is 33.6 Å². The van der Waals surface area contributed by atoms with Gasteiger partial charge in [0.1, 0.15) is 29.5 Å². The summed E-state index contributed by atoms with van der Waals surface area (Å²) in [4.78, 5) is 16.9. The minimum absolute atomic E-state index is 0.0117. The lowest BCUT2D eigenvalue weighted by Gasteiger charge is -2.20. The predicted octanol–water partition coefficient (Wildman–Crippen LogP) is 3.06. The van der Waals surface area contributed by atoms with E-state index in [1.807, 2.05) is 19.4 Å². The summed E-state index contributed by atoms with van der Waals surface area (Å²) >= 11 is 0. The largest absolute Gasteiger partial charge is 0.483 e. The van der Waals surface area contributed by atoms with Gasteiger partial charge in [-0.3, -0.25) is 4.79 Å². The Labute approximate surface area is 192 Å². The average Bonchev–Trinajstić information content (AvgIpc) is 3.46. The van der Waals surface area contributed by atoms with E-state index in [0.717, 1.165) is 6.42 Å². The molecule has 0 bridgehead atoms. The number of carbonyl (C=O) groups is 1. The number of anilines is 2. The van der Waals surface area contributed by atoms with Crippen molar-refractivity contribution in [1.82, 2.24) is 14.6 Å². The molecule has 3 aromatic rings. The SMILES string of the molecule is Cc1c(C(=O)N=S(C)C)cn2ncnc(Nc3ccc(F)cc3OC3COC4CCOC43)c12. The number of aromatic nitrogens is 3. The van der Waals surface area contributed by atoms with Gasteiger partial charge in [-0.25, -0.2) is 13.9 Å². The number of benzene rings is 1. The fourth-order valence-electron chi connectivity index (χ4n) is 4.20. The zero-order valence-electron chi connectivity index (χ0n) is 18.4. The molecule has 174 valence electrons. The maximum Gasteiger partial charge on any atom is 0.284 e. The molecule has 2 fully saturated rings. The van der Waals surface area contributed by atoms with Gasteiger partial charge in [-0.05, 0) is 43.6 Å². The lowest BCUT2D eigenvalue weighted by molar-refractivity contribution is 0.0310. The molecule has 1 aromatic carbocycles. The second-order valence-corrected chi connectivity index (χ2v) is 9.89. The van der Waals surface area contributed by atoms with Gasteiger partial charge >= 0.3 is 0 Å². The second-order valence-electron chi connectivity index (χ2n) is 8.16. The molecule has 3 unspecified atom stereocenters. The van der Waals surface area contributed by atoms with Crippen LogP contribution in [0.1, 0.15) is 22.3 Å². The van der Waals surface area contributed by atoms with Gasteiger partial charge in [0.2, 0.25) is 0 Å². The molecular weight excluding hydrogens is 449 g/mol. The normalized spacial score (nSPS) is 22.0. The maximum absolute atomic E-state index is 14.1. The first-order valence-corrected chi connectivity index (χ1v) is 12.5. The highest BCUT2D eigenvalue weighted by molar-refractivity contribution is 7.86. The predicted molar refractivity (Wildman–Crippen MR) is 122 cm³/mol. The molecule has 5 rings (SSSR count). The summed E-state index contributed by atoms with van der Waals surface area (Å²) in [5.41, 5.74) is 2.32. The van der Waals surface area contributed by atoms with Crippen molar-refractivity contribution in [2.75, 3.05) is 31.0 Å². The third kappa shape index (κ3) is 4.23. The third-order valence-corrected chi connectivity index (χ3v) is 6.25. The van der Waals surface area contributed by atoms with Gasteiger partial charge < -0.3 is 19.5 Å². The molecular formula is C22H24FN5O4S. The topological polar surface area (TPSA) is 99.3 Å². The minimum atomic E-state index is -0.422. The zero-order valence-corrected chi connectivity index (χ0v) is 19.3. The standard InChI is InChI=1S/C22H24FN5O4S/c1-12-14(22(29)27-33(2)3)9-28-19(12)21(24-11-25-28)26-15-5-4-13(23)8-17(15)32-18-10-31-16-6-7-30-20(16)18/h4-5,8-9,11,16,18,20H,6-7,10H2,1-3H3,(H,24,25,26). The van der Waals surface area contributed by atoms with Crippen LogP contribution < -0.4 is 10.1 Å². The van der Waals surface area contributed by atoms with Crippen LogP contribution in [0.4, 0.5) is 15.9 Å². The number of nitrogens with one attached hydrogen (secondary N) is 1. The molecule has 0 radical (unpaired) electrons. The lowest BCUT2D eigenvalue weighted by atomic mass is 10.1. The number of carbonyl (C=O) groups excluding carboxylic acids is 1. The minimum Gasteiger partial charge on any atom is -0.483 e. The summed E-state index contributed by atoms with van der Waals surface area (Å²) in [6.07, 6.45) is 7.12. The highest BCUT2D eigenvalue weighted by atomic mass is 32.2. The van der Waals surface area contributed by atoms with Crippen molar-refractivity contribution in [3.8, 4) is 5.75 Å². The van der Waals surface area contributed by atoms with E-state index in [4.69, 9.17) is 14.2 Å². The number of aryl methyl sites for hydroxylation is 1. The molecule has 2 aliphatic rings. The summed E-state index contributed by atoms with van der Waals surface area (Å²) in [5.74, 6) is 0.0696. The van der Waals surface area contributed by atoms with Crippen LogP contribution in [0.5, 0.6) is 5.75 Å². The van der Waals surface area contributed by atoms with Gasteiger partial charge in [-0.15, -0.1) is 0 Å². The first kappa shape index (κ1) is 21.9. The van der Waals surface area contributed by atoms with Crippen LogP contribution in [-0.2, 0) is 20.2 Å². The summed E-state index contributed by atoms with van der Waals surface area (Å²) in [6, 6.07) is 4.26. The molecule has 4 heterocycles. The highest BCUT2D eigenvalue weighted by Crippen LogP contribution is 2.35.